The van der Waals surface area contributed by atoms with Gasteiger partial charge < -0.3 is 5.32 Å². The van der Waals surface area contributed by atoms with Gasteiger partial charge >= 0.3 is 0 Å². The van der Waals surface area contributed by atoms with Crippen LogP contribution in [0.15, 0.2) is 0 Å². The van der Waals surface area contributed by atoms with E-state index < -0.39 is 0 Å². The molecule has 0 aliphatic carbocycles. The Kier molecular flexibility index (Phi) is 3.73. The Balaban J connectivity index is 2.54. The molecule has 3 atom stereocenters. The highest BCUT2D eigenvalue weighted by Gasteiger charge is 2.32. The van der Waals surface area contributed by atoms with Crippen molar-refractivity contribution in [1.82, 2.24) is 10.6 Å². The second kappa shape index (κ2) is 4.15. The summed E-state index contributed by atoms with van der Waals surface area (Å²) >= 11 is 9.39. The maximum atomic E-state index is 11.1. The molecule has 2 N–H and O–H groups in total. The van der Waals surface area contributed by atoms with Crippen LogP contribution in [0.3, 0.4) is 0 Å². The quantitative estimate of drug-likeness (QED) is 0.426. The van der Waals surface area contributed by atoms with E-state index in [0.717, 1.165) is 0 Å². The van der Waals surface area contributed by atoms with Gasteiger partial charge in [-0.1, -0.05) is 22.6 Å². The molecule has 1 aliphatic heterocycles. The van der Waals surface area contributed by atoms with Crippen molar-refractivity contribution in [2.45, 2.75) is 14.9 Å². The smallest absolute Gasteiger partial charge is 0.237 e. The van der Waals surface area contributed by atoms with E-state index in [4.69, 9.17) is 11.6 Å². The minimum Gasteiger partial charge on any atom is -0.331 e. The summed E-state index contributed by atoms with van der Waals surface area (Å²) < 4.78 is -0.183. The van der Waals surface area contributed by atoms with E-state index in [1.54, 1.807) is 0 Å². The van der Waals surface area contributed by atoms with Gasteiger partial charge in [-0.05, 0) is 6.26 Å². The highest BCUT2D eigenvalue weighted by Crippen LogP contribution is 2.17. The predicted octanol–water partition coefficient (Wildman–Crippen LogP) is 0.721. The van der Waals surface area contributed by atoms with Gasteiger partial charge in [-0.25, -0.2) is 0 Å². The lowest BCUT2D eigenvalue weighted by Gasteiger charge is -2.30. The first kappa shape index (κ1) is 9.88. The summed E-state index contributed by atoms with van der Waals surface area (Å²) in [4.78, 5) is 11.1. The minimum atomic E-state index is -0.262. The van der Waals surface area contributed by atoms with Gasteiger partial charge in [0.15, 0.2) is 0 Å². The molecule has 0 bridgehead atoms. The molecule has 6 heteroatoms. The molecule has 3 unspecified atom stereocenters. The van der Waals surface area contributed by atoms with Gasteiger partial charge in [0.05, 0.1) is 0 Å². The lowest BCUT2D eigenvalue weighted by Crippen LogP contribution is -2.58. The number of amides is 1. The van der Waals surface area contributed by atoms with Crippen LogP contribution >= 0.6 is 46.0 Å². The van der Waals surface area contributed by atoms with E-state index in [1.807, 2.05) is 28.8 Å². The molecule has 0 spiro atoms. The van der Waals surface area contributed by atoms with Gasteiger partial charge in [0.2, 0.25) is 5.91 Å². The third-order valence-electron chi connectivity index (χ3n) is 1.33. The first-order valence-electron chi connectivity index (χ1n) is 3.02. The molecule has 0 aromatic carbocycles. The van der Waals surface area contributed by atoms with Crippen LogP contribution in [0.2, 0.25) is 0 Å². The van der Waals surface area contributed by atoms with Crippen molar-refractivity contribution in [1.29, 1.82) is 0 Å². The standard InChI is InChI=1S/C5H8ClIN2OS/c1-11-5-8-3(6)2(7)4(10)9-5/h2-3,5,8H,1H3,(H,9,10). The largest absolute Gasteiger partial charge is 0.331 e. The number of alkyl halides is 2. The highest BCUT2D eigenvalue weighted by atomic mass is 127. The first-order chi connectivity index (χ1) is 5.15. The Bertz CT molecular complexity index is 171. The Labute approximate surface area is 88.1 Å². The van der Waals surface area contributed by atoms with E-state index in [1.165, 1.54) is 11.8 Å². The van der Waals surface area contributed by atoms with E-state index in [-0.39, 0.29) is 20.8 Å². The highest BCUT2D eigenvalue weighted by molar-refractivity contribution is 14.1. The fraction of sp³-hybridized carbons (Fsp3) is 0.800. The average Bonchev–Trinajstić information content (AvgIpc) is 1.99. The molecular formula is C5H8ClIN2OS. The summed E-state index contributed by atoms with van der Waals surface area (Å²) in [5.41, 5.74) is -0.308. The van der Waals surface area contributed by atoms with Crippen LogP contribution in [0.5, 0.6) is 0 Å². The molecule has 11 heavy (non-hydrogen) atoms. The molecule has 0 saturated carbocycles. The van der Waals surface area contributed by atoms with Gasteiger partial charge in [-0.15, -0.1) is 23.4 Å². The summed E-state index contributed by atoms with van der Waals surface area (Å²) in [5, 5.41) is 5.80. The first-order valence-corrected chi connectivity index (χ1v) is 5.99. The van der Waals surface area contributed by atoms with Gasteiger partial charge in [-0.3, -0.25) is 10.1 Å². The van der Waals surface area contributed by atoms with Crippen LogP contribution in [0.25, 0.3) is 0 Å². The number of rotatable bonds is 1. The van der Waals surface area contributed by atoms with E-state index in [2.05, 4.69) is 10.6 Å². The van der Waals surface area contributed by atoms with Crippen molar-refractivity contribution >= 4 is 51.9 Å². The molecule has 1 saturated heterocycles. The number of carbonyl (C=O) groups excluding carboxylic acids is 1. The summed E-state index contributed by atoms with van der Waals surface area (Å²) in [6.07, 6.45) is 1.91. The second-order valence-electron chi connectivity index (χ2n) is 2.09. The zero-order valence-electron chi connectivity index (χ0n) is 5.80. The van der Waals surface area contributed by atoms with Crippen molar-refractivity contribution in [2.75, 3.05) is 6.26 Å². The van der Waals surface area contributed by atoms with Gasteiger partial charge in [0.1, 0.15) is 14.9 Å². The molecule has 1 aliphatic rings. The fourth-order valence-corrected chi connectivity index (χ4v) is 1.96. The molecule has 0 radical (unpaired) electrons. The molecule has 1 amide bonds. The normalized spacial score (nSPS) is 38.5. The monoisotopic (exact) mass is 306 g/mol. The van der Waals surface area contributed by atoms with Crippen LogP contribution < -0.4 is 10.6 Å². The van der Waals surface area contributed by atoms with Gasteiger partial charge in [-0.2, -0.15) is 0 Å². The van der Waals surface area contributed by atoms with Gasteiger partial charge in [0.25, 0.3) is 0 Å². The van der Waals surface area contributed by atoms with E-state index >= 15 is 0 Å². The van der Waals surface area contributed by atoms with Crippen molar-refractivity contribution in [2.24, 2.45) is 0 Å². The fourth-order valence-electron chi connectivity index (χ4n) is 0.739. The van der Waals surface area contributed by atoms with E-state index in [0.29, 0.717) is 0 Å². The summed E-state index contributed by atoms with van der Waals surface area (Å²) in [7, 11) is 0. The third-order valence-corrected chi connectivity index (χ3v) is 4.14. The number of hydrogen-bond donors (Lipinski definition) is 2. The molecule has 1 rings (SSSR count). The Hall–Kier alpha value is 0.800. The van der Waals surface area contributed by atoms with Crippen LogP contribution in [-0.4, -0.2) is 27.1 Å². The Morgan fingerprint density at radius 3 is 2.82 bits per heavy atom. The van der Waals surface area contributed by atoms with Gasteiger partial charge in [0, 0.05) is 0 Å². The zero-order chi connectivity index (χ0) is 8.43. The zero-order valence-corrected chi connectivity index (χ0v) is 9.53. The number of thioether (sulfide) groups is 1. The maximum absolute atomic E-state index is 11.1. The molecule has 0 aromatic rings. The number of carbonyl (C=O) groups is 1. The lowest BCUT2D eigenvalue weighted by molar-refractivity contribution is -0.121. The van der Waals surface area contributed by atoms with Crippen molar-refractivity contribution in [3.8, 4) is 0 Å². The molecule has 0 aromatic heterocycles. The summed E-state index contributed by atoms with van der Waals surface area (Å²) in [5.74, 6) is 0.00343. The predicted molar refractivity (Wildman–Crippen MR) is 56.0 cm³/mol. The maximum Gasteiger partial charge on any atom is 0.237 e. The van der Waals surface area contributed by atoms with E-state index in [9.17, 15) is 4.79 Å². The number of nitrogens with one attached hydrogen (secondary N) is 2. The van der Waals surface area contributed by atoms with Crippen molar-refractivity contribution in [3.63, 3.8) is 0 Å². The summed E-state index contributed by atoms with van der Waals surface area (Å²) in [6, 6.07) is 0. The van der Waals surface area contributed by atoms with Crippen LogP contribution in [0.1, 0.15) is 0 Å². The molecule has 1 heterocycles. The molecule has 64 valence electrons. The topological polar surface area (TPSA) is 41.1 Å². The lowest BCUT2D eigenvalue weighted by atomic mass is 10.3. The molecule has 1 fully saturated rings. The van der Waals surface area contributed by atoms with Crippen molar-refractivity contribution < 1.29 is 4.79 Å². The average molecular weight is 307 g/mol. The minimum absolute atomic E-state index is 0.00343. The van der Waals surface area contributed by atoms with Crippen LogP contribution in [-0.2, 0) is 4.79 Å². The Morgan fingerprint density at radius 2 is 2.36 bits per heavy atom. The Morgan fingerprint density at radius 1 is 1.73 bits per heavy atom. The molecular weight excluding hydrogens is 298 g/mol. The SMILES string of the molecule is CSC1NC(=O)C(I)C(Cl)N1. The van der Waals surface area contributed by atoms with Crippen LogP contribution in [0, 0.1) is 0 Å². The third kappa shape index (κ3) is 2.37. The van der Waals surface area contributed by atoms with Crippen LogP contribution in [0.4, 0.5) is 0 Å². The summed E-state index contributed by atoms with van der Waals surface area (Å²) in [6.45, 7) is 0. The number of hydrogen-bond acceptors (Lipinski definition) is 3. The van der Waals surface area contributed by atoms with Crippen molar-refractivity contribution in [3.05, 3.63) is 0 Å². The number of halogens is 2. The second-order valence-corrected chi connectivity index (χ2v) is 4.85. The molecule has 3 nitrogen and oxygen atoms in total.